The molecule has 1 fully saturated rings. The number of Topliss-reactive ketones (excluding diaryl/α,β-unsaturated/α-hetero) is 1. The van der Waals surface area contributed by atoms with Crippen molar-refractivity contribution in [2.45, 2.75) is 23.7 Å². The van der Waals surface area contributed by atoms with Crippen molar-refractivity contribution >= 4 is 39.2 Å². The lowest BCUT2D eigenvalue weighted by molar-refractivity contribution is -0.124. The van der Waals surface area contributed by atoms with Crippen molar-refractivity contribution < 1.29 is 9.59 Å². The molecule has 0 saturated carbocycles. The molecule has 1 amide bonds. The molecule has 0 radical (unpaired) electrons. The highest BCUT2D eigenvalue weighted by Gasteiger charge is 2.40. The van der Waals surface area contributed by atoms with Crippen LogP contribution in [-0.2, 0) is 9.59 Å². The second-order valence-corrected chi connectivity index (χ2v) is 5.73. The summed E-state index contributed by atoms with van der Waals surface area (Å²) in [7, 11) is 0. The van der Waals surface area contributed by atoms with Crippen molar-refractivity contribution in [1.82, 2.24) is 5.32 Å². The molecule has 1 aromatic rings. The van der Waals surface area contributed by atoms with Crippen LogP contribution in [0.25, 0.3) is 0 Å². The van der Waals surface area contributed by atoms with Gasteiger partial charge in [-0.15, -0.1) is 11.6 Å². The van der Waals surface area contributed by atoms with Crippen LogP contribution in [0.3, 0.4) is 0 Å². The molecule has 1 aromatic carbocycles. The van der Waals surface area contributed by atoms with Crippen molar-refractivity contribution in [3.63, 3.8) is 0 Å². The Balaban J connectivity index is 2.45. The topological polar surface area (TPSA) is 46.2 Å². The number of carbonyl (C=O) groups is 2. The second-order valence-electron chi connectivity index (χ2n) is 4.32. The number of alkyl halides is 2. The Kier molecular flexibility index (Phi) is 4.07. The van der Waals surface area contributed by atoms with Gasteiger partial charge < -0.3 is 5.32 Å². The summed E-state index contributed by atoms with van der Waals surface area (Å²) in [4.78, 5) is 23.9. The predicted molar refractivity (Wildman–Crippen MR) is 74.2 cm³/mol. The molecule has 0 aliphatic carbocycles. The van der Waals surface area contributed by atoms with E-state index in [1.165, 1.54) is 0 Å². The van der Waals surface area contributed by atoms with Gasteiger partial charge in [-0.25, -0.2) is 0 Å². The largest absolute Gasteiger partial charge is 0.346 e. The SMILES string of the molecule is CC1NC(=O)C(c2ccccc2C(Br)CCl)C1=O. The summed E-state index contributed by atoms with van der Waals surface area (Å²) in [5.74, 6) is -0.634. The van der Waals surface area contributed by atoms with E-state index in [0.717, 1.165) is 11.1 Å². The Labute approximate surface area is 119 Å². The quantitative estimate of drug-likeness (QED) is 0.684. The third-order valence-electron chi connectivity index (χ3n) is 3.11. The molecule has 1 N–H and O–H groups in total. The first kappa shape index (κ1) is 13.6. The highest BCUT2D eigenvalue weighted by atomic mass is 79.9. The van der Waals surface area contributed by atoms with Gasteiger partial charge in [-0.05, 0) is 18.1 Å². The van der Waals surface area contributed by atoms with Gasteiger partial charge in [0.2, 0.25) is 5.91 Å². The Morgan fingerprint density at radius 1 is 1.39 bits per heavy atom. The smallest absolute Gasteiger partial charge is 0.235 e. The van der Waals surface area contributed by atoms with Gasteiger partial charge in [0, 0.05) is 5.88 Å². The zero-order valence-electron chi connectivity index (χ0n) is 9.82. The summed E-state index contributed by atoms with van der Waals surface area (Å²) < 4.78 is 0. The minimum atomic E-state index is -0.709. The van der Waals surface area contributed by atoms with E-state index in [9.17, 15) is 9.59 Å². The lowest BCUT2D eigenvalue weighted by atomic mass is 9.90. The van der Waals surface area contributed by atoms with E-state index < -0.39 is 12.0 Å². The molecular weight excluding hydrogens is 318 g/mol. The van der Waals surface area contributed by atoms with Gasteiger partial charge in [0.15, 0.2) is 5.78 Å². The highest BCUT2D eigenvalue weighted by Crippen LogP contribution is 2.34. The molecule has 0 aromatic heterocycles. The normalized spacial score (nSPS) is 25.1. The van der Waals surface area contributed by atoms with Gasteiger partial charge in [-0.3, -0.25) is 9.59 Å². The summed E-state index contributed by atoms with van der Waals surface area (Å²) in [6.45, 7) is 1.70. The second kappa shape index (κ2) is 5.41. The van der Waals surface area contributed by atoms with Crippen LogP contribution in [-0.4, -0.2) is 23.6 Å². The molecule has 5 heteroatoms. The minimum Gasteiger partial charge on any atom is -0.346 e. The number of nitrogens with one attached hydrogen (secondary N) is 1. The Morgan fingerprint density at radius 2 is 2.06 bits per heavy atom. The molecule has 0 bridgehead atoms. The number of ketones is 1. The summed E-state index contributed by atoms with van der Waals surface area (Å²) in [6.07, 6.45) is 0. The molecule has 18 heavy (non-hydrogen) atoms. The van der Waals surface area contributed by atoms with E-state index in [-0.39, 0.29) is 16.5 Å². The van der Waals surface area contributed by atoms with Crippen molar-refractivity contribution in [2.75, 3.05) is 5.88 Å². The number of hydrogen-bond acceptors (Lipinski definition) is 2. The van der Waals surface area contributed by atoms with Crippen LogP contribution in [0.2, 0.25) is 0 Å². The third kappa shape index (κ3) is 2.31. The number of rotatable bonds is 3. The van der Waals surface area contributed by atoms with Crippen molar-refractivity contribution in [1.29, 1.82) is 0 Å². The Hall–Kier alpha value is -0.870. The first-order chi connectivity index (χ1) is 8.56. The standard InChI is InChI=1S/C13H13BrClNO2/c1-7-12(17)11(13(18)16-7)9-5-3-2-4-8(9)10(14)6-15/h2-5,7,10-11H,6H2,1H3,(H,16,18). The van der Waals surface area contributed by atoms with Crippen molar-refractivity contribution in [3.05, 3.63) is 35.4 Å². The Morgan fingerprint density at radius 3 is 2.61 bits per heavy atom. The zero-order chi connectivity index (χ0) is 13.3. The number of carbonyl (C=O) groups excluding carboxylic acids is 2. The van der Waals surface area contributed by atoms with Gasteiger partial charge in [0.1, 0.15) is 5.92 Å². The average molecular weight is 331 g/mol. The molecule has 1 heterocycles. The van der Waals surface area contributed by atoms with E-state index in [1.54, 1.807) is 6.92 Å². The molecule has 3 atom stereocenters. The summed E-state index contributed by atoms with van der Waals surface area (Å²) in [5, 5.41) is 2.66. The van der Waals surface area contributed by atoms with Crippen LogP contribution in [0.15, 0.2) is 24.3 Å². The first-order valence-electron chi connectivity index (χ1n) is 5.69. The van der Waals surface area contributed by atoms with Gasteiger partial charge in [-0.1, -0.05) is 40.2 Å². The van der Waals surface area contributed by atoms with Crippen LogP contribution in [0.4, 0.5) is 0 Å². The third-order valence-corrected chi connectivity index (χ3v) is 4.61. The van der Waals surface area contributed by atoms with Gasteiger partial charge in [0.05, 0.1) is 10.9 Å². The predicted octanol–water partition coefficient (Wildman–Crippen LogP) is 2.53. The molecular formula is C13H13BrClNO2. The fourth-order valence-electron chi connectivity index (χ4n) is 2.18. The number of benzene rings is 1. The van der Waals surface area contributed by atoms with Gasteiger partial charge >= 0.3 is 0 Å². The molecule has 0 spiro atoms. The molecule has 3 unspecified atom stereocenters. The highest BCUT2D eigenvalue weighted by molar-refractivity contribution is 9.09. The summed E-state index contributed by atoms with van der Waals surface area (Å²) in [5.41, 5.74) is 1.64. The fourth-order valence-corrected chi connectivity index (χ4v) is 2.77. The van der Waals surface area contributed by atoms with E-state index in [2.05, 4.69) is 21.2 Å². The monoisotopic (exact) mass is 329 g/mol. The maximum absolute atomic E-state index is 12.0. The Bertz CT molecular complexity index is 492. The summed E-state index contributed by atoms with van der Waals surface area (Å²) in [6, 6.07) is 6.99. The number of amides is 1. The lowest BCUT2D eigenvalue weighted by Crippen LogP contribution is -2.25. The molecule has 1 saturated heterocycles. The first-order valence-corrected chi connectivity index (χ1v) is 7.14. The summed E-state index contributed by atoms with van der Waals surface area (Å²) >= 11 is 9.30. The molecule has 1 aliphatic rings. The zero-order valence-corrected chi connectivity index (χ0v) is 12.2. The van der Waals surface area contributed by atoms with Gasteiger partial charge in [-0.2, -0.15) is 0 Å². The fraction of sp³-hybridized carbons (Fsp3) is 0.385. The molecule has 3 nitrogen and oxygen atoms in total. The van der Waals surface area contributed by atoms with E-state index in [1.807, 2.05) is 24.3 Å². The maximum Gasteiger partial charge on any atom is 0.235 e. The number of hydrogen-bond donors (Lipinski definition) is 1. The van der Waals surface area contributed by atoms with Crippen LogP contribution >= 0.6 is 27.5 Å². The van der Waals surface area contributed by atoms with Crippen LogP contribution in [0, 0.1) is 0 Å². The van der Waals surface area contributed by atoms with Crippen molar-refractivity contribution in [3.8, 4) is 0 Å². The van der Waals surface area contributed by atoms with Crippen LogP contribution < -0.4 is 5.32 Å². The minimum absolute atomic E-state index is 0.0631. The van der Waals surface area contributed by atoms with E-state index >= 15 is 0 Å². The molecule has 2 rings (SSSR count). The van der Waals surface area contributed by atoms with Crippen molar-refractivity contribution in [2.24, 2.45) is 0 Å². The van der Waals surface area contributed by atoms with E-state index in [4.69, 9.17) is 11.6 Å². The van der Waals surface area contributed by atoms with Crippen LogP contribution in [0.5, 0.6) is 0 Å². The van der Waals surface area contributed by atoms with Gasteiger partial charge in [0.25, 0.3) is 0 Å². The van der Waals surface area contributed by atoms with Crippen LogP contribution in [0.1, 0.15) is 28.8 Å². The van der Waals surface area contributed by atoms with E-state index in [0.29, 0.717) is 5.88 Å². The maximum atomic E-state index is 12.0. The lowest BCUT2D eigenvalue weighted by Gasteiger charge is -2.15. The number of halogens is 2. The molecule has 1 aliphatic heterocycles. The average Bonchev–Trinajstić information content (AvgIpc) is 2.62. The molecule has 96 valence electrons.